The van der Waals surface area contributed by atoms with Crippen LogP contribution in [0.4, 0.5) is 0 Å². The highest BCUT2D eigenvalue weighted by molar-refractivity contribution is 7.90. The molecule has 2 aromatic heterocycles. The molecule has 12 heteroatoms. The fourth-order valence-electron chi connectivity index (χ4n) is 2.28. The summed E-state index contributed by atoms with van der Waals surface area (Å²) in [6.07, 6.45) is 2.51. The normalized spacial score (nSPS) is 10.9. The molecular formula is C18H15ClN4O6S. The number of carbonyl (C=O) groups is 1. The minimum Gasteiger partial charge on any atom is -0.481 e. The molecule has 0 radical (unpaired) electrons. The van der Waals surface area contributed by atoms with Gasteiger partial charge in [-0.05, 0) is 24.3 Å². The molecule has 1 aromatic carbocycles. The lowest BCUT2D eigenvalue weighted by molar-refractivity contribution is 0.0979. The maximum Gasteiger partial charge on any atom is 0.328 e. The van der Waals surface area contributed by atoms with Crippen molar-refractivity contribution in [2.75, 3.05) is 14.2 Å². The molecule has 0 aliphatic carbocycles. The van der Waals surface area contributed by atoms with E-state index in [0.29, 0.717) is 0 Å². The van der Waals surface area contributed by atoms with Crippen LogP contribution in [0, 0.1) is 0 Å². The van der Waals surface area contributed by atoms with Gasteiger partial charge in [0.25, 0.3) is 15.9 Å². The highest BCUT2D eigenvalue weighted by atomic mass is 35.5. The van der Waals surface area contributed by atoms with Gasteiger partial charge in [0.05, 0.1) is 25.3 Å². The molecule has 3 rings (SSSR count). The number of nitrogens with zero attached hydrogens (tertiary/aromatic N) is 3. The zero-order chi connectivity index (χ0) is 21.7. The maximum absolute atomic E-state index is 12.7. The third-order valence-corrected chi connectivity index (χ3v) is 5.28. The van der Waals surface area contributed by atoms with Gasteiger partial charge in [-0.3, -0.25) is 9.78 Å². The van der Waals surface area contributed by atoms with Gasteiger partial charge in [-0.2, -0.15) is 9.97 Å². The number of hydrogen-bond acceptors (Lipinski definition) is 9. The fraction of sp³-hybridized carbons (Fsp3) is 0.111. The quantitative estimate of drug-likeness (QED) is 0.576. The molecule has 0 saturated heterocycles. The topological polar surface area (TPSA) is 130 Å². The van der Waals surface area contributed by atoms with Gasteiger partial charge in [0.15, 0.2) is 0 Å². The Hall–Kier alpha value is -3.44. The minimum absolute atomic E-state index is 0.0405. The summed E-state index contributed by atoms with van der Waals surface area (Å²) in [5.41, 5.74) is -0.225. The van der Waals surface area contributed by atoms with E-state index in [-0.39, 0.29) is 39.0 Å². The summed E-state index contributed by atoms with van der Waals surface area (Å²) in [5, 5.41) is -0.0405. The van der Waals surface area contributed by atoms with E-state index < -0.39 is 15.9 Å². The molecule has 0 saturated carbocycles. The summed E-state index contributed by atoms with van der Waals surface area (Å²) in [4.78, 5) is 24.3. The Labute approximate surface area is 176 Å². The summed E-state index contributed by atoms with van der Waals surface area (Å²) in [5.74, 6) is -0.765. The number of carbonyl (C=O) groups excluding carboxylic acids is 1. The molecule has 0 aliphatic heterocycles. The van der Waals surface area contributed by atoms with E-state index in [2.05, 4.69) is 15.0 Å². The number of pyridine rings is 1. The molecule has 30 heavy (non-hydrogen) atoms. The molecular weight excluding hydrogens is 436 g/mol. The van der Waals surface area contributed by atoms with Gasteiger partial charge in [0, 0.05) is 12.4 Å². The van der Waals surface area contributed by atoms with Crippen LogP contribution in [0.1, 0.15) is 10.4 Å². The average Bonchev–Trinajstić information content (AvgIpc) is 2.73. The van der Waals surface area contributed by atoms with Crippen LogP contribution in [0.3, 0.4) is 0 Å². The third kappa shape index (κ3) is 4.75. The van der Waals surface area contributed by atoms with Gasteiger partial charge in [0.1, 0.15) is 16.2 Å². The number of aromatic nitrogens is 3. The zero-order valence-electron chi connectivity index (χ0n) is 15.7. The zero-order valence-corrected chi connectivity index (χ0v) is 17.3. The Morgan fingerprint density at radius 3 is 2.37 bits per heavy atom. The Balaban J connectivity index is 1.95. The van der Waals surface area contributed by atoms with Crippen LogP contribution < -0.4 is 18.9 Å². The van der Waals surface area contributed by atoms with Crippen LogP contribution in [0.15, 0.2) is 53.7 Å². The van der Waals surface area contributed by atoms with Gasteiger partial charge in [-0.1, -0.05) is 17.7 Å². The molecule has 156 valence electrons. The van der Waals surface area contributed by atoms with Gasteiger partial charge in [-0.25, -0.2) is 13.1 Å². The van der Waals surface area contributed by atoms with Crippen molar-refractivity contribution in [3.05, 3.63) is 59.4 Å². The predicted octanol–water partition coefficient (Wildman–Crippen LogP) is 2.45. The first kappa shape index (κ1) is 21.3. The monoisotopic (exact) mass is 450 g/mol. The minimum atomic E-state index is -4.18. The van der Waals surface area contributed by atoms with E-state index >= 15 is 0 Å². The van der Waals surface area contributed by atoms with Crippen LogP contribution in [-0.4, -0.2) is 43.5 Å². The number of nitrogens with one attached hydrogen (secondary N) is 1. The van der Waals surface area contributed by atoms with Crippen molar-refractivity contribution in [2.45, 2.75) is 4.90 Å². The first-order valence-corrected chi connectivity index (χ1v) is 10.1. The van der Waals surface area contributed by atoms with E-state index in [1.165, 1.54) is 56.8 Å². The average molecular weight is 451 g/mol. The molecule has 2 heterocycles. The van der Waals surface area contributed by atoms with Crippen LogP contribution in [0.2, 0.25) is 5.02 Å². The molecule has 0 fully saturated rings. The molecule has 10 nitrogen and oxygen atoms in total. The van der Waals surface area contributed by atoms with Gasteiger partial charge in [-0.15, -0.1) is 0 Å². The Morgan fingerprint density at radius 2 is 1.77 bits per heavy atom. The fourth-order valence-corrected chi connectivity index (χ4v) is 3.46. The number of benzene rings is 1. The summed E-state index contributed by atoms with van der Waals surface area (Å²) >= 11 is 6.14. The second-order valence-electron chi connectivity index (χ2n) is 5.57. The van der Waals surface area contributed by atoms with Crippen molar-refractivity contribution in [3.8, 4) is 23.5 Å². The number of amides is 1. The molecule has 3 aromatic rings. The number of rotatable bonds is 7. The lowest BCUT2D eigenvalue weighted by Gasteiger charge is -2.13. The van der Waals surface area contributed by atoms with E-state index in [1.807, 2.05) is 4.72 Å². The second-order valence-corrected chi connectivity index (χ2v) is 7.66. The summed E-state index contributed by atoms with van der Waals surface area (Å²) in [6.45, 7) is 0. The van der Waals surface area contributed by atoms with Gasteiger partial charge >= 0.3 is 6.01 Å². The third-order valence-electron chi connectivity index (χ3n) is 3.65. The lowest BCUT2D eigenvalue weighted by atomic mass is 10.2. The Morgan fingerprint density at radius 1 is 1.07 bits per heavy atom. The van der Waals surface area contributed by atoms with E-state index in [4.69, 9.17) is 25.8 Å². The highest BCUT2D eigenvalue weighted by Gasteiger charge is 2.24. The predicted molar refractivity (Wildman–Crippen MR) is 106 cm³/mol. The van der Waals surface area contributed by atoms with Crippen molar-refractivity contribution in [1.82, 2.24) is 19.7 Å². The number of ether oxygens (including phenoxy) is 3. The van der Waals surface area contributed by atoms with Crippen molar-refractivity contribution in [1.29, 1.82) is 0 Å². The summed E-state index contributed by atoms with van der Waals surface area (Å²) < 4.78 is 42.5. The lowest BCUT2D eigenvalue weighted by Crippen LogP contribution is -2.31. The van der Waals surface area contributed by atoms with E-state index in [1.54, 1.807) is 0 Å². The maximum atomic E-state index is 12.7. The van der Waals surface area contributed by atoms with Crippen molar-refractivity contribution in [2.24, 2.45) is 0 Å². The number of methoxy groups -OCH3 is 2. The molecule has 0 bridgehead atoms. The standard InChI is InChI=1S/C18H15ClN4O6S/c1-27-14-9-15(28-2)22-18(21-14)29-13-7-3-6-12(19)16(13)17(24)23-30(25,26)11-5-4-8-20-10-11/h3-10H,1-2H3,(H,23,24). The van der Waals surface area contributed by atoms with Crippen molar-refractivity contribution < 1.29 is 27.4 Å². The highest BCUT2D eigenvalue weighted by Crippen LogP contribution is 2.31. The van der Waals surface area contributed by atoms with Crippen LogP contribution in [0.5, 0.6) is 23.5 Å². The summed E-state index contributed by atoms with van der Waals surface area (Å²) in [7, 11) is -1.39. The number of hydrogen-bond donors (Lipinski definition) is 1. The second kappa shape index (κ2) is 8.93. The van der Waals surface area contributed by atoms with Crippen LogP contribution >= 0.6 is 11.6 Å². The van der Waals surface area contributed by atoms with Gasteiger partial charge < -0.3 is 14.2 Å². The molecule has 0 spiro atoms. The van der Waals surface area contributed by atoms with Crippen LogP contribution in [-0.2, 0) is 10.0 Å². The first-order chi connectivity index (χ1) is 14.3. The largest absolute Gasteiger partial charge is 0.481 e. The smallest absolute Gasteiger partial charge is 0.328 e. The molecule has 1 amide bonds. The van der Waals surface area contributed by atoms with E-state index in [0.717, 1.165) is 6.20 Å². The van der Waals surface area contributed by atoms with Crippen molar-refractivity contribution in [3.63, 3.8) is 0 Å². The molecule has 1 N–H and O–H groups in total. The Kier molecular flexibility index (Phi) is 6.33. The SMILES string of the molecule is COc1cc(OC)nc(Oc2cccc(Cl)c2C(=O)NS(=O)(=O)c2cccnc2)n1. The van der Waals surface area contributed by atoms with Crippen molar-refractivity contribution >= 4 is 27.5 Å². The molecule has 0 unspecified atom stereocenters. The number of sulfonamides is 1. The molecule has 0 aliphatic rings. The molecule has 0 atom stereocenters. The van der Waals surface area contributed by atoms with Crippen LogP contribution in [0.25, 0.3) is 0 Å². The summed E-state index contributed by atoms with van der Waals surface area (Å²) in [6, 6.07) is 8.29. The first-order valence-electron chi connectivity index (χ1n) is 8.24. The van der Waals surface area contributed by atoms with E-state index in [9.17, 15) is 13.2 Å². The van der Waals surface area contributed by atoms with Gasteiger partial charge in [0.2, 0.25) is 11.8 Å². The number of halogens is 1. The Bertz CT molecular complexity index is 1150.